The zero-order valence-electron chi connectivity index (χ0n) is 34.9. The predicted molar refractivity (Wildman–Crippen MR) is 277 cm³/mol. The van der Waals surface area contributed by atoms with Crippen LogP contribution in [0.25, 0.3) is 141 Å². The van der Waals surface area contributed by atoms with Crippen molar-refractivity contribution < 1.29 is 0 Å². The topological polar surface area (TPSA) is 0 Å². The lowest BCUT2D eigenvalue weighted by Gasteiger charge is -2.23. The highest BCUT2D eigenvalue weighted by Gasteiger charge is 2.24. The van der Waals surface area contributed by atoms with Gasteiger partial charge in [0.05, 0.1) is 0 Å². The Labute approximate surface area is 370 Å². The second-order valence-electron chi connectivity index (χ2n) is 17.5. The normalized spacial score (nSPS) is 12.1. The van der Waals surface area contributed by atoms with E-state index in [1.807, 2.05) is 0 Å². The van der Waals surface area contributed by atoms with E-state index in [2.05, 4.69) is 231 Å². The Hall–Kier alpha value is -8.32. The molecule has 14 aromatic carbocycles. The average molecular weight is 807 g/mol. The minimum Gasteiger partial charge on any atom is -0.0616 e. The van der Waals surface area contributed by atoms with E-state index in [1.54, 1.807) is 0 Å². The van der Waals surface area contributed by atoms with E-state index in [1.165, 1.54) is 141 Å². The number of benzene rings is 14. The molecular weight excluding hydrogens is 769 g/mol. The molecule has 0 bridgehead atoms. The first-order chi connectivity index (χ1) is 31.8. The Morgan fingerprint density at radius 3 is 0.859 bits per heavy atom. The molecule has 294 valence electrons. The maximum Gasteiger partial charge on any atom is -0.00141 e. The molecule has 0 saturated carbocycles. The number of hydrogen-bond acceptors (Lipinski definition) is 0. The molecule has 0 heterocycles. The third-order valence-corrected chi connectivity index (χ3v) is 14.1. The van der Waals surface area contributed by atoms with Crippen LogP contribution >= 0.6 is 0 Å². The number of hydrogen-bond donors (Lipinski definition) is 0. The van der Waals surface area contributed by atoms with E-state index in [0.29, 0.717) is 0 Å². The van der Waals surface area contributed by atoms with Gasteiger partial charge in [-0.15, -0.1) is 0 Å². The van der Waals surface area contributed by atoms with Crippen molar-refractivity contribution in [2.45, 2.75) is 0 Å². The van der Waals surface area contributed by atoms with Gasteiger partial charge >= 0.3 is 0 Å². The van der Waals surface area contributed by atoms with E-state index in [-0.39, 0.29) is 0 Å². The van der Waals surface area contributed by atoms with Crippen LogP contribution in [-0.2, 0) is 0 Å². The molecule has 0 aliphatic carbocycles. The summed E-state index contributed by atoms with van der Waals surface area (Å²) < 4.78 is 0. The standard InChI is InChI=1S/C64H38/c1-3-15-43-37-45(27-25-39(43)13-1)61-51-21-9-5-17-47(51)49-19-7-11-23-53(49)63(61)57-35-31-41-30-34-56-58(36-32-42-29-33-55(57)59(41)60(42)56)64-54-24-12-8-20-50(54)48-18-6-10-22-52(48)62(64)46-28-26-40-14-2-4-16-44(40)38-46/h1-38H. The molecule has 0 aliphatic heterocycles. The van der Waals surface area contributed by atoms with Gasteiger partial charge in [-0.25, -0.2) is 0 Å². The van der Waals surface area contributed by atoms with Gasteiger partial charge in [0.15, 0.2) is 0 Å². The Kier molecular flexibility index (Phi) is 7.49. The molecule has 14 rings (SSSR count). The van der Waals surface area contributed by atoms with E-state index < -0.39 is 0 Å². The monoisotopic (exact) mass is 806 g/mol. The predicted octanol–water partition coefficient (Wildman–Crippen LogP) is 18.2. The average Bonchev–Trinajstić information content (AvgIpc) is 3.37. The van der Waals surface area contributed by atoms with Crippen molar-refractivity contribution in [2.24, 2.45) is 0 Å². The van der Waals surface area contributed by atoms with Gasteiger partial charge in [0.25, 0.3) is 0 Å². The quantitative estimate of drug-likeness (QED) is 0.155. The van der Waals surface area contributed by atoms with Gasteiger partial charge in [0.2, 0.25) is 0 Å². The van der Waals surface area contributed by atoms with Crippen molar-refractivity contribution in [2.75, 3.05) is 0 Å². The minimum absolute atomic E-state index is 1.23. The molecule has 0 aromatic heterocycles. The second kappa shape index (κ2) is 13.6. The lowest BCUT2D eigenvalue weighted by molar-refractivity contribution is 1.66. The molecule has 0 unspecified atom stereocenters. The van der Waals surface area contributed by atoms with Crippen molar-refractivity contribution in [3.63, 3.8) is 0 Å². The summed E-state index contributed by atoms with van der Waals surface area (Å²) in [5, 5.41) is 22.8. The summed E-state index contributed by atoms with van der Waals surface area (Å²) in [5.74, 6) is 0. The van der Waals surface area contributed by atoms with Crippen LogP contribution in [0.1, 0.15) is 0 Å². The molecule has 0 amide bonds. The van der Waals surface area contributed by atoms with Crippen LogP contribution in [0.5, 0.6) is 0 Å². The second-order valence-corrected chi connectivity index (χ2v) is 17.5. The fourth-order valence-corrected chi connectivity index (χ4v) is 11.4. The molecule has 0 atom stereocenters. The summed E-state index contributed by atoms with van der Waals surface area (Å²) in [6.07, 6.45) is 0. The van der Waals surface area contributed by atoms with Crippen LogP contribution in [0.4, 0.5) is 0 Å². The van der Waals surface area contributed by atoms with Crippen LogP contribution in [0.15, 0.2) is 231 Å². The summed E-state index contributed by atoms with van der Waals surface area (Å²) in [5.41, 5.74) is 10.1. The molecule has 14 aromatic rings. The van der Waals surface area contributed by atoms with Gasteiger partial charge in [-0.2, -0.15) is 0 Å². The Bertz CT molecular complexity index is 3970. The van der Waals surface area contributed by atoms with Crippen LogP contribution in [0, 0.1) is 0 Å². The summed E-state index contributed by atoms with van der Waals surface area (Å²) in [7, 11) is 0. The van der Waals surface area contributed by atoms with Gasteiger partial charge in [0, 0.05) is 0 Å². The molecule has 0 heteroatoms. The fraction of sp³-hybridized carbons (Fsp3) is 0. The Balaban J connectivity index is 1.11. The molecular formula is C64H38. The summed E-state index contributed by atoms with van der Waals surface area (Å²) in [6, 6.07) is 86.4. The van der Waals surface area contributed by atoms with Crippen molar-refractivity contribution >= 4 is 97.0 Å². The number of rotatable bonds is 4. The molecule has 0 nitrogen and oxygen atoms in total. The van der Waals surface area contributed by atoms with Gasteiger partial charge in [-0.3, -0.25) is 0 Å². The zero-order chi connectivity index (χ0) is 41.9. The zero-order valence-corrected chi connectivity index (χ0v) is 34.9. The van der Waals surface area contributed by atoms with Crippen LogP contribution in [0.3, 0.4) is 0 Å². The molecule has 0 N–H and O–H groups in total. The molecule has 0 radical (unpaired) electrons. The van der Waals surface area contributed by atoms with Gasteiger partial charge in [-0.05, 0) is 154 Å². The molecule has 64 heavy (non-hydrogen) atoms. The summed E-state index contributed by atoms with van der Waals surface area (Å²) in [4.78, 5) is 0. The molecule has 0 spiro atoms. The highest BCUT2D eigenvalue weighted by Crippen LogP contribution is 2.51. The third-order valence-electron chi connectivity index (χ3n) is 14.1. The lowest BCUT2D eigenvalue weighted by atomic mass is 9.80. The van der Waals surface area contributed by atoms with Crippen molar-refractivity contribution in [3.8, 4) is 44.5 Å². The maximum atomic E-state index is 2.39. The molecule has 0 fully saturated rings. The SMILES string of the molecule is c1ccc2cc(-c3c(-c4ccc5ccc6c(-c7c(-c8ccc9ccccc9c8)c8ccccc8c8ccccc78)ccc7ccc4c5c76)c4ccccc4c4ccccc34)ccc2c1. The maximum absolute atomic E-state index is 2.39. The fourth-order valence-electron chi connectivity index (χ4n) is 11.4. The van der Waals surface area contributed by atoms with Crippen molar-refractivity contribution in [1.29, 1.82) is 0 Å². The molecule has 0 aliphatic rings. The number of fused-ring (bicyclic) bond motifs is 8. The first-order valence-electron chi connectivity index (χ1n) is 22.3. The van der Waals surface area contributed by atoms with Crippen molar-refractivity contribution in [3.05, 3.63) is 231 Å². The lowest BCUT2D eigenvalue weighted by Crippen LogP contribution is -1.95. The first-order valence-corrected chi connectivity index (χ1v) is 22.3. The third kappa shape index (κ3) is 5.05. The summed E-state index contributed by atoms with van der Waals surface area (Å²) in [6.45, 7) is 0. The van der Waals surface area contributed by atoms with E-state index in [9.17, 15) is 0 Å². The smallest absolute Gasteiger partial charge is 0.00141 e. The highest BCUT2D eigenvalue weighted by atomic mass is 14.3. The van der Waals surface area contributed by atoms with Crippen molar-refractivity contribution in [1.82, 2.24) is 0 Å². The Morgan fingerprint density at radius 2 is 0.469 bits per heavy atom. The van der Waals surface area contributed by atoms with Gasteiger partial charge in [0.1, 0.15) is 0 Å². The van der Waals surface area contributed by atoms with E-state index in [0.717, 1.165) is 0 Å². The largest absolute Gasteiger partial charge is 0.0616 e. The Morgan fingerprint density at radius 1 is 0.172 bits per heavy atom. The minimum atomic E-state index is 1.23. The first kappa shape index (κ1) is 35.3. The molecule has 0 saturated heterocycles. The highest BCUT2D eigenvalue weighted by molar-refractivity contribution is 6.32. The van der Waals surface area contributed by atoms with Gasteiger partial charge < -0.3 is 0 Å². The van der Waals surface area contributed by atoms with E-state index >= 15 is 0 Å². The summed E-state index contributed by atoms with van der Waals surface area (Å²) >= 11 is 0. The van der Waals surface area contributed by atoms with Crippen LogP contribution in [-0.4, -0.2) is 0 Å². The van der Waals surface area contributed by atoms with Crippen LogP contribution < -0.4 is 0 Å². The van der Waals surface area contributed by atoms with Crippen LogP contribution in [0.2, 0.25) is 0 Å². The van der Waals surface area contributed by atoms with E-state index in [4.69, 9.17) is 0 Å². The van der Waals surface area contributed by atoms with Gasteiger partial charge in [-0.1, -0.05) is 218 Å².